The number of amides is 5. The largest absolute Gasteiger partial charge is 0.378 e. The Morgan fingerprint density at radius 2 is 1.55 bits per heavy atom. The van der Waals surface area contributed by atoms with Gasteiger partial charge in [0.05, 0.1) is 30.8 Å². The van der Waals surface area contributed by atoms with Gasteiger partial charge in [0.2, 0.25) is 17.7 Å². The fourth-order valence-electron chi connectivity index (χ4n) is 5.41. The standard InChI is InChI=1S/C34H40N6O10S/c41-25(21-24-20-23-6-4-14-36-32(23)33-26(24)8-5-15-37-33)7-3-10-29(43)39-27(22-51(47,48)49)34(46)38-13-2-1-9-28(42)35-16-18-50-19-17-40-30(44)11-12-31(40)45/h4-6,8,11-12,14-15,20,27H,1-3,7,9-10,13,16-19,21-22H2,(H,35,42)(H,38,46)(H,39,43)(H,47,48,49). The zero-order valence-electron chi connectivity index (χ0n) is 27.8. The summed E-state index contributed by atoms with van der Waals surface area (Å²) in [4.78, 5) is 83.0. The van der Waals surface area contributed by atoms with Crippen LogP contribution in [0.1, 0.15) is 44.1 Å². The van der Waals surface area contributed by atoms with Crippen molar-refractivity contribution in [1.82, 2.24) is 30.8 Å². The van der Waals surface area contributed by atoms with Gasteiger partial charge in [-0.2, -0.15) is 8.42 Å². The summed E-state index contributed by atoms with van der Waals surface area (Å²) >= 11 is 0. The van der Waals surface area contributed by atoms with Gasteiger partial charge in [-0.1, -0.05) is 12.1 Å². The molecule has 0 radical (unpaired) electrons. The van der Waals surface area contributed by atoms with E-state index >= 15 is 0 Å². The maximum atomic E-state index is 12.9. The molecule has 51 heavy (non-hydrogen) atoms. The van der Waals surface area contributed by atoms with Crippen molar-refractivity contribution in [3.8, 4) is 0 Å². The molecule has 0 saturated carbocycles. The molecular formula is C34H40N6O10S. The van der Waals surface area contributed by atoms with Gasteiger partial charge in [0, 0.05) is 74.1 Å². The molecule has 17 heteroatoms. The Labute approximate surface area is 294 Å². The van der Waals surface area contributed by atoms with Crippen LogP contribution in [0.2, 0.25) is 0 Å². The second-order valence-electron chi connectivity index (χ2n) is 11.8. The van der Waals surface area contributed by atoms with Crippen LogP contribution in [0.25, 0.3) is 21.8 Å². The van der Waals surface area contributed by atoms with Gasteiger partial charge in [-0.25, -0.2) is 0 Å². The van der Waals surface area contributed by atoms with Crippen molar-refractivity contribution in [2.45, 2.75) is 51.0 Å². The van der Waals surface area contributed by atoms with Crippen LogP contribution < -0.4 is 16.0 Å². The van der Waals surface area contributed by atoms with Crippen molar-refractivity contribution >= 4 is 67.2 Å². The molecule has 3 heterocycles. The molecule has 3 aromatic rings. The van der Waals surface area contributed by atoms with E-state index in [2.05, 4.69) is 25.9 Å². The molecule has 1 atom stereocenters. The van der Waals surface area contributed by atoms with Crippen molar-refractivity contribution < 1.29 is 46.5 Å². The summed E-state index contributed by atoms with van der Waals surface area (Å²) in [6.07, 6.45) is 6.80. The van der Waals surface area contributed by atoms with Crippen molar-refractivity contribution in [2.75, 3.05) is 38.6 Å². The highest BCUT2D eigenvalue weighted by Crippen LogP contribution is 2.26. The number of unbranched alkanes of at least 4 members (excludes halogenated alkanes) is 1. The first-order valence-electron chi connectivity index (χ1n) is 16.4. The maximum Gasteiger partial charge on any atom is 0.267 e. The smallest absolute Gasteiger partial charge is 0.267 e. The lowest BCUT2D eigenvalue weighted by molar-refractivity contribution is -0.137. The van der Waals surface area contributed by atoms with Gasteiger partial charge >= 0.3 is 0 Å². The average molecular weight is 725 g/mol. The van der Waals surface area contributed by atoms with Crippen LogP contribution in [-0.4, -0.2) is 108 Å². The van der Waals surface area contributed by atoms with E-state index in [1.54, 1.807) is 24.5 Å². The van der Waals surface area contributed by atoms with Crippen molar-refractivity contribution in [3.05, 3.63) is 60.4 Å². The third-order valence-corrected chi connectivity index (χ3v) is 8.64. The summed E-state index contributed by atoms with van der Waals surface area (Å²) in [5, 5.41) is 9.15. The maximum absolute atomic E-state index is 12.9. The molecule has 0 spiro atoms. The molecule has 0 bridgehead atoms. The fourth-order valence-corrected chi connectivity index (χ4v) is 6.07. The lowest BCUT2D eigenvalue weighted by Gasteiger charge is -2.17. The second kappa shape index (κ2) is 18.7. The van der Waals surface area contributed by atoms with E-state index in [9.17, 15) is 41.7 Å². The Hall–Kier alpha value is -5.13. The molecule has 0 aliphatic carbocycles. The Kier molecular flexibility index (Phi) is 14.2. The molecule has 272 valence electrons. The third kappa shape index (κ3) is 12.3. The number of benzene rings is 1. The van der Waals surface area contributed by atoms with E-state index in [0.29, 0.717) is 18.4 Å². The molecule has 16 nitrogen and oxygen atoms in total. The predicted octanol–water partition coefficient (Wildman–Crippen LogP) is 0.782. The number of carbonyl (C=O) groups is 6. The van der Waals surface area contributed by atoms with Crippen LogP contribution >= 0.6 is 0 Å². The van der Waals surface area contributed by atoms with Gasteiger partial charge < -0.3 is 20.7 Å². The van der Waals surface area contributed by atoms with Crippen LogP contribution in [0.5, 0.6) is 0 Å². The van der Waals surface area contributed by atoms with E-state index in [0.717, 1.165) is 26.8 Å². The summed E-state index contributed by atoms with van der Waals surface area (Å²) < 4.78 is 37.8. The molecule has 1 aromatic carbocycles. The number of carbonyl (C=O) groups excluding carboxylic acids is 6. The summed E-state index contributed by atoms with van der Waals surface area (Å²) in [5.41, 5.74) is 2.20. The first-order chi connectivity index (χ1) is 24.4. The number of hydrogen-bond acceptors (Lipinski definition) is 11. The zero-order valence-corrected chi connectivity index (χ0v) is 28.7. The molecule has 4 N–H and O–H groups in total. The molecule has 5 amide bonds. The van der Waals surface area contributed by atoms with E-state index < -0.39 is 45.5 Å². The topological polar surface area (TPSA) is 231 Å². The normalized spacial score (nSPS) is 13.5. The summed E-state index contributed by atoms with van der Waals surface area (Å²) in [7, 11) is -4.62. The van der Waals surface area contributed by atoms with Gasteiger partial charge in [-0.05, 0) is 43.0 Å². The number of Topliss-reactive ketones (excluding diaryl/α,β-unsaturated/α-hetero) is 1. The van der Waals surface area contributed by atoms with E-state index in [1.165, 1.54) is 12.2 Å². The first-order valence-corrected chi connectivity index (χ1v) is 18.1. The number of nitrogens with one attached hydrogen (secondary N) is 3. The molecule has 1 unspecified atom stereocenters. The van der Waals surface area contributed by atoms with Gasteiger partial charge in [0.1, 0.15) is 17.6 Å². The lowest BCUT2D eigenvalue weighted by Crippen LogP contribution is -2.50. The lowest BCUT2D eigenvalue weighted by atomic mass is 9.98. The van der Waals surface area contributed by atoms with Gasteiger partial charge in [0.25, 0.3) is 21.9 Å². The highest BCUT2D eigenvalue weighted by atomic mass is 32.2. The van der Waals surface area contributed by atoms with Crippen LogP contribution in [0.3, 0.4) is 0 Å². The number of rotatable bonds is 21. The number of aromatic nitrogens is 2. The Morgan fingerprint density at radius 3 is 2.29 bits per heavy atom. The fraction of sp³-hybridized carbons (Fsp3) is 0.412. The number of pyridine rings is 2. The van der Waals surface area contributed by atoms with Crippen LogP contribution in [0.4, 0.5) is 0 Å². The molecule has 1 aliphatic heterocycles. The highest BCUT2D eigenvalue weighted by Gasteiger charge is 2.26. The zero-order chi connectivity index (χ0) is 36.8. The van der Waals surface area contributed by atoms with E-state index in [-0.39, 0.29) is 76.6 Å². The van der Waals surface area contributed by atoms with Crippen LogP contribution in [0, 0.1) is 0 Å². The number of ether oxygens (including phenoxy) is 1. The number of imide groups is 1. The van der Waals surface area contributed by atoms with E-state index in [1.807, 2.05) is 18.2 Å². The quantitative estimate of drug-likeness (QED) is 0.0517. The minimum Gasteiger partial charge on any atom is -0.378 e. The predicted molar refractivity (Wildman–Crippen MR) is 185 cm³/mol. The summed E-state index contributed by atoms with van der Waals surface area (Å²) in [6, 6.07) is 7.68. The summed E-state index contributed by atoms with van der Waals surface area (Å²) in [5.74, 6) is -3.68. The monoisotopic (exact) mass is 724 g/mol. The molecule has 4 rings (SSSR count). The van der Waals surface area contributed by atoms with Crippen LogP contribution in [-0.2, 0) is 50.0 Å². The minimum absolute atomic E-state index is 0.0665. The molecule has 0 saturated heterocycles. The third-order valence-electron chi connectivity index (χ3n) is 7.88. The highest BCUT2D eigenvalue weighted by molar-refractivity contribution is 7.85. The number of fused-ring (bicyclic) bond motifs is 3. The SMILES string of the molecule is O=C(CCCC(=O)NC(CS(=O)(=O)O)C(=O)NCCCCC(=O)NCCOCCN1C(=O)C=CC1=O)Cc1cc2cccnc2c2ncccc12. The average Bonchev–Trinajstić information content (AvgIpc) is 3.41. The Bertz CT molecular complexity index is 1900. The molecule has 2 aromatic heterocycles. The van der Waals surface area contributed by atoms with Gasteiger partial charge in [-0.15, -0.1) is 0 Å². The summed E-state index contributed by atoms with van der Waals surface area (Å²) in [6.45, 7) is 0.732. The van der Waals surface area contributed by atoms with Gasteiger partial charge in [-0.3, -0.25) is 48.2 Å². The Morgan fingerprint density at radius 1 is 0.843 bits per heavy atom. The number of nitrogens with zero attached hydrogens (tertiary/aromatic N) is 3. The minimum atomic E-state index is -4.62. The Balaban J connectivity index is 1.12. The molecule has 1 aliphatic rings. The van der Waals surface area contributed by atoms with Crippen molar-refractivity contribution in [1.29, 1.82) is 0 Å². The van der Waals surface area contributed by atoms with Crippen LogP contribution in [0.15, 0.2) is 54.9 Å². The van der Waals surface area contributed by atoms with E-state index in [4.69, 9.17) is 4.74 Å². The van der Waals surface area contributed by atoms with Crippen molar-refractivity contribution in [2.24, 2.45) is 0 Å². The molecule has 0 fully saturated rings. The number of ketones is 1. The van der Waals surface area contributed by atoms with Gasteiger partial charge in [0.15, 0.2) is 0 Å². The number of hydrogen-bond donors (Lipinski definition) is 4. The second-order valence-corrected chi connectivity index (χ2v) is 13.3. The van der Waals surface area contributed by atoms with Crippen molar-refractivity contribution in [3.63, 3.8) is 0 Å². The first kappa shape index (κ1) is 38.7. The molecular weight excluding hydrogens is 684 g/mol.